The summed E-state index contributed by atoms with van der Waals surface area (Å²) in [6.45, 7) is 2.94. The fourth-order valence-corrected chi connectivity index (χ4v) is 7.27. The molecular weight excluding hydrogens is 574 g/mol. The summed E-state index contributed by atoms with van der Waals surface area (Å²) in [4.78, 5) is 21.9. The van der Waals surface area contributed by atoms with Crippen LogP contribution in [0.15, 0.2) is 46.2 Å². The lowest BCUT2D eigenvalue weighted by molar-refractivity contribution is -0.192. The van der Waals surface area contributed by atoms with Gasteiger partial charge in [0.1, 0.15) is 22.7 Å². The van der Waals surface area contributed by atoms with Gasteiger partial charge in [-0.2, -0.15) is 13.2 Å². The lowest BCUT2D eigenvalue weighted by Gasteiger charge is -2.45. The van der Waals surface area contributed by atoms with Crippen molar-refractivity contribution in [2.45, 2.75) is 31.5 Å². The molecular formula is C24H27F4N7O5S. The maximum Gasteiger partial charge on any atom is 0.490 e. The Labute approximate surface area is 232 Å². The molecule has 0 saturated carbocycles. The number of alkyl halides is 3. The van der Waals surface area contributed by atoms with Crippen LogP contribution < -0.4 is 15.2 Å². The Morgan fingerprint density at radius 1 is 1.22 bits per heavy atom. The van der Waals surface area contributed by atoms with E-state index in [9.17, 15) is 17.4 Å². The summed E-state index contributed by atoms with van der Waals surface area (Å²) in [6.07, 6.45) is -0.320. The molecule has 0 unspecified atom stereocenters. The van der Waals surface area contributed by atoms with Crippen molar-refractivity contribution in [3.8, 4) is 28.6 Å². The van der Waals surface area contributed by atoms with Crippen molar-refractivity contribution in [2.75, 3.05) is 26.0 Å². The maximum absolute atomic E-state index is 15.1. The number of thiol groups is 1. The Hall–Kier alpha value is -4.12. The number of aliphatic carboxylic acids is 1. The van der Waals surface area contributed by atoms with Crippen molar-refractivity contribution in [1.82, 2.24) is 24.2 Å². The van der Waals surface area contributed by atoms with Crippen LogP contribution in [0, 0.1) is 5.82 Å². The van der Waals surface area contributed by atoms with E-state index in [1.54, 1.807) is 29.4 Å². The third-order valence-electron chi connectivity index (χ3n) is 6.38. The van der Waals surface area contributed by atoms with Crippen molar-refractivity contribution in [1.29, 1.82) is 0 Å². The number of nitrogens with two attached hydrogens (primary N) is 1. The molecule has 0 amide bonds. The molecule has 0 bridgehead atoms. The second-order valence-corrected chi connectivity index (χ2v) is 11.9. The fourth-order valence-electron chi connectivity index (χ4n) is 4.39. The molecule has 1 fully saturated rings. The van der Waals surface area contributed by atoms with Gasteiger partial charge in [0.15, 0.2) is 5.76 Å². The largest absolute Gasteiger partial charge is 0.490 e. The molecule has 3 aromatic rings. The molecule has 1 aromatic carbocycles. The van der Waals surface area contributed by atoms with E-state index in [1.165, 1.54) is 25.6 Å². The van der Waals surface area contributed by atoms with E-state index in [0.717, 1.165) is 12.8 Å². The molecule has 0 aliphatic carbocycles. The number of nitrogens with one attached hydrogen (secondary N) is 1. The summed E-state index contributed by atoms with van der Waals surface area (Å²) < 4.78 is 76.0. The molecule has 2 aliphatic rings. The number of guanidine groups is 1. The Balaban J connectivity index is 0.000000493. The third-order valence-corrected chi connectivity index (χ3v) is 9.32. The topological polar surface area (TPSA) is 169 Å². The van der Waals surface area contributed by atoms with Crippen LogP contribution in [0.25, 0.3) is 22.7 Å². The Morgan fingerprint density at radius 2 is 1.95 bits per heavy atom. The second kappa shape index (κ2) is 11.4. The number of ether oxygens (including phenoxy) is 1. The van der Waals surface area contributed by atoms with Crippen LogP contribution in [0.1, 0.15) is 25.3 Å². The van der Waals surface area contributed by atoms with Crippen molar-refractivity contribution in [2.24, 2.45) is 10.7 Å². The van der Waals surface area contributed by atoms with Gasteiger partial charge >= 0.3 is 12.1 Å². The lowest BCUT2D eigenvalue weighted by atomic mass is 9.92. The number of nitrogens with zero attached hydrogens (tertiary/aromatic N) is 5. The minimum absolute atomic E-state index is 0.129. The minimum Gasteiger partial charge on any atom is -0.480 e. The Bertz CT molecular complexity index is 1500. The number of hydrogen-bond donors (Lipinski definition) is 4. The van der Waals surface area contributed by atoms with E-state index in [2.05, 4.69) is 24.8 Å². The number of benzene rings is 1. The second-order valence-electron chi connectivity index (χ2n) is 9.36. The average molecular weight is 602 g/mol. The summed E-state index contributed by atoms with van der Waals surface area (Å²) in [5.41, 5.74) is 6.99. The summed E-state index contributed by atoms with van der Waals surface area (Å²) in [6, 6.07) is 6.29. The standard InChI is InChI=1S/C22H26FN7O3S.C2HF3O2/c1-22(13-34(31)27-7-3-4-8-30(34)21(24)28-22)15-9-14(5-6-16(15)23)19-10-17(29-33-19)18-11-26-20(32-2)12-25-18;3-2(4,5)1(6)7/h5-6,9-12,34H,3-4,7-8,13H2,1-2H3,(H2,24,28)(H,27,31);(H,6,7)/t22-;/m0./s1. The SMILES string of the molecule is COc1cnc(-c2cc(-c3ccc(F)c([C@]4(C)C[SH]5(=O)NCCCCN5C(N)=N4)c3)on2)cn1.O=C(O)C(F)(F)F. The number of hydrogen-bond acceptors (Lipinski definition) is 9. The number of methoxy groups -OCH3 is 1. The number of fused-ring (bicyclic) bond motifs is 1. The molecule has 222 valence electrons. The molecule has 2 aliphatic heterocycles. The van der Waals surface area contributed by atoms with Gasteiger partial charge in [0.05, 0.1) is 25.3 Å². The van der Waals surface area contributed by atoms with E-state index < -0.39 is 33.8 Å². The summed E-state index contributed by atoms with van der Waals surface area (Å²) in [7, 11) is -1.55. The highest BCUT2D eigenvalue weighted by molar-refractivity contribution is 7.99. The zero-order valence-electron chi connectivity index (χ0n) is 21.9. The zero-order chi connectivity index (χ0) is 30.0. The lowest BCUT2D eigenvalue weighted by Crippen LogP contribution is -2.60. The number of carboxylic acids is 1. The maximum atomic E-state index is 15.1. The molecule has 1 atom stereocenters. The van der Waals surface area contributed by atoms with Crippen LogP contribution in [0.2, 0.25) is 0 Å². The molecule has 17 heteroatoms. The fraction of sp³-hybridized carbons (Fsp3) is 0.375. The summed E-state index contributed by atoms with van der Waals surface area (Å²) in [5, 5.41) is 11.2. The Kier molecular flexibility index (Phi) is 8.30. The smallest absolute Gasteiger partial charge is 0.480 e. The van der Waals surface area contributed by atoms with Crippen LogP contribution in [-0.4, -0.2) is 72.8 Å². The van der Waals surface area contributed by atoms with Crippen molar-refractivity contribution >= 4 is 22.2 Å². The molecule has 0 spiro atoms. The number of aliphatic imine (C=N–C) groups is 1. The van der Waals surface area contributed by atoms with Gasteiger partial charge in [-0.3, -0.25) is 8.51 Å². The first kappa shape index (κ1) is 29.9. The van der Waals surface area contributed by atoms with E-state index in [1.807, 2.05) is 0 Å². The molecule has 0 radical (unpaired) electrons. The average Bonchev–Trinajstić information content (AvgIpc) is 3.31. The van der Waals surface area contributed by atoms with Gasteiger partial charge in [-0.15, -0.1) is 0 Å². The van der Waals surface area contributed by atoms with Crippen LogP contribution in [0.3, 0.4) is 0 Å². The number of carbonyl (C=O) groups is 1. The number of carboxylic acid groups (broad SMARTS) is 1. The molecule has 1 saturated heterocycles. The molecule has 12 nitrogen and oxygen atoms in total. The van der Waals surface area contributed by atoms with Gasteiger partial charge in [0, 0.05) is 40.6 Å². The van der Waals surface area contributed by atoms with Crippen LogP contribution in [-0.2, 0) is 20.6 Å². The normalized spacial score (nSPS) is 20.9. The first-order valence-corrected chi connectivity index (χ1v) is 14.0. The molecule has 5 rings (SSSR count). The first-order valence-electron chi connectivity index (χ1n) is 12.2. The number of halogens is 4. The van der Waals surface area contributed by atoms with Crippen molar-refractivity contribution < 1.29 is 40.9 Å². The highest BCUT2D eigenvalue weighted by Gasteiger charge is 2.43. The van der Waals surface area contributed by atoms with Crippen molar-refractivity contribution in [3.05, 3.63) is 48.0 Å². The monoisotopic (exact) mass is 601 g/mol. The van der Waals surface area contributed by atoms with E-state index in [4.69, 9.17) is 24.9 Å². The van der Waals surface area contributed by atoms with E-state index in [0.29, 0.717) is 41.7 Å². The van der Waals surface area contributed by atoms with Gasteiger partial charge in [0.2, 0.25) is 11.8 Å². The quantitative estimate of drug-likeness (QED) is 0.259. The predicted molar refractivity (Wildman–Crippen MR) is 140 cm³/mol. The van der Waals surface area contributed by atoms with E-state index in [-0.39, 0.29) is 17.3 Å². The van der Waals surface area contributed by atoms with Crippen LogP contribution in [0.5, 0.6) is 5.88 Å². The number of rotatable bonds is 4. The van der Waals surface area contributed by atoms with Crippen LogP contribution in [0.4, 0.5) is 17.6 Å². The summed E-state index contributed by atoms with van der Waals surface area (Å²) in [5.74, 6) is -2.12. The summed E-state index contributed by atoms with van der Waals surface area (Å²) >= 11 is 0. The van der Waals surface area contributed by atoms with Crippen molar-refractivity contribution in [3.63, 3.8) is 0 Å². The molecule has 4 N–H and O–H groups in total. The van der Waals surface area contributed by atoms with Gasteiger partial charge in [-0.25, -0.2) is 28.9 Å². The van der Waals surface area contributed by atoms with Gasteiger partial charge in [-0.05, 0) is 38.0 Å². The van der Waals surface area contributed by atoms with E-state index >= 15 is 4.39 Å². The van der Waals surface area contributed by atoms with Gasteiger partial charge < -0.3 is 20.1 Å². The third kappa shape index (κ3) is 6.45. The molecule has 4 heterocycles. The molecule has 2 aromatic heterocycles. The zero-order valence-corrected chi connectivity index (χ0v) is 22.7. The predicted octanol–water partition coefficient (Wildman–Crippen LogP) is 2.66. The van der Waals surface area contributed by atoms with Gasteiger partial charge in [0.25, 0.3) is 0 Å². The van der Waals surface area contributed by atoms with Crippen LogP contribution >= 0.6 is 0 Å². The number of aromatic nitrogens is 3. The highest BCUT2D eigenvalue weighted by Crippen LogP contribution is 2.38. The molecule has 41 heavy (non-hydrogen) atoms. The highest BCUT2D eigenvalue weighted by atomic mass is 32.3. The Morgan fingerprint density at radius 3 is 2.59 bits per heavy atom. The minimum atomic E-state index is -5.08. The first-order chi connectivity index (χ1) is 19.3. The van der Waals surface area contributed by atoms with Gasteiger partial charge in [-0.1, -0.05) is 5.16 Å².